The number of nitrogens with two attached hydrogens (primary N) is 1. The average molecular weight is 291 g/mol. The number of hydrazone groups is 1. The summed E-state index contributed by atoms with van der Waals surface area (Å²) in [5, 5.41) is 13.1. The highest BCUT2D eigenvalue weighted by molar-refractivity contribution is 7.89. The second-order valence-electron chi connectivity index (χ2n) is 3.98. The third-order valence-corrected chi connectivity index (χ3v) is 3.74. The molecule has 2 aromatic rings. The first kappa shape index (κ1) is 13.9. The number of nitrogens with zero attached hydrogens (tertiary/aromatic N) is 1. The van der Waals surface area contributed by atoms with E-state index in [1.165, 1.54) is 36.5 Å². The second-order valence-corrected chi connectivity index (χ2v) is 5.64. The van der Waals surface area contributed by atoms with E-state index in [1.54, 1.807) is 18.2 Å². The summed E-state index contributed by atoms with van der Waals surface area (Å²) in [7, 11) is -3.75. The van der Waals surface area contributed by atoms with Crippen molar-refractivity contribution >= 4 is 21.9 Å². The minimum absolute atomic E-state index is 0.0166. The summed E-state index contributed by atoms with van der Waals surface area (Å²) in [4.78, 5) is 2.12. The van der Waals surface area contributed by atoms with Gasteiger partial charge in [-0.3, -0.25) is 0 Å². The Morgan fingerprint density at radius 1 is 1.10 bits per heavy atom. The number of para-hydroxylation sites is 1. The summed E-state index contributed by atoms with van der Waals surface area (Å²) in [5.74, 6) is 0.0166. The van der Waals surface area contributed by atoms with E-state index in [4.69, 9.17) is 5.73 Å². The first-order valence-corrected chi connectivity index (χ1v) is 7.16. The quantitative estimate of drug-likeness (QED) is 0.448. The number of anilines is 1. The Balaban J connectivity index is 2.14. The Hall–Kier alpha value is -2.54. The van der Waals surface area contributed by atoms with Gasteiger partial charge in [0.15, 0.2) is 0 Å². The molecule has 0 atom stereocenters. The zero-order valence-electron chi connectivity index (χ0n) is 10.4. The van der Waals surface area contributed by atoms with Crippen LogP contribution in [0.4, 0.5) is 5.69 Å². The number of hydrogen-bond donors (Lipinski definition) is 3. The number of aromatic hydroxyl groups is 1. The topological polar surface area (TPSA) is 105 Å². The van der Waals surface area contributed by atoms with E-state index in [0.717, 1.165) is 0 Å². The fraction of sp³-hybridized carbons (Fsp3) is 0. The van der Waals surface area contributed by atoms with Crippen LogP contribution >= 0.6 is 0 Å². The SMILES string of the molecule is Nc1ccc(S(=O)(=O)NN=Cc2ccccc2O)cc1. The molecule has 0 amide bonds. The lowest BCUT2D eigenvalue weighted by Crippen LogP contribution is -2.18. The lowest BCUT2D eigenvalue weighted by Gasteiger charge is -2.03. The molecule has 0 aliphatic heterocycles. The van der Waals surface area contributed by atoms with E-state index in [9.17, 15) is 13.5 Å². The minimum Gasteiger partial charge on any atom is -0.507 e. The summed E-state index contributed by atoms with van der Waals surface area (Å²) in [6, 6.07) is 12.2. The summed E-state index contributed by atoms with van der Waals surface area (Å²) in [6.07, 6.45) is 1.23. The normalized spacial score (nSPS) is 11.6. The molecule has 0 saturated carbocycles. The van der Waals surface area contributed by atoms with E-state index in [0.29, 0.717) is 11.3 Å². The maximum Gasteiger partial charge on any atom is 0.276 e. The van der Waals surface area contributed by atoms with Crippen molar-refractivity contribution in [3.05, 3.63) is 54.1 Å². The molecule has 0 heterocycles. The number of nitrogen functional groups attached to an aromatic ring is 1. The van der Waals surface area contributed by atoms with E-state index >= 15 is 0 Å². The van der Waals surface area contributed by atoms with Gasteiger partial charge in [0.25, 0.3) is 10.0 Å². The van der Waals surface area contributed by atoms with Crippen LogP contribution in [0.15, 0.2) is 58.5 Å². The van der Waals surface area contributed by atoms with Gasteiger partial charge in [-0.15, -0.1) is 0 Å². The van der Waals surface area contributed by atoms with Gasteiger partial charge < -0.3 is 10.8 Å². The van der Waals surface area contributed by atoms with Gasteiger partial charge in [0.2, 0.25) is 0 Å². The molecule has 0 spiro atoms. The van der Waals surface area contributed by atoms with Crippen LogP contribution in [0.2, 0.25) is 0 Å². The molecule has 0 saturated heterocycles. The molecule has 6 nitrogen and oxygen atoms in total. The molecule has 0 aliphatic carbocycles. The number of sulfonamides is 1. The van der Waals surface area contributed by atoms with E-state index in [-0.39, 0.29) is 10.6 Å². The highest BCUT2D eigenvalue weighted by Crippen LogP contribution is 2.13. The molecule has 0 aromatic heterocycles. The highest BCUT2D eigenvalue weighted by atomic mass is 32.2. The predicted octanol–water partition coefficient (Wildman–Crippen LogP) is 1.29. The molecule has 104 valence electrons. The van der Waals surface area contributed by atoms with Crippen molar-refractivity contribution in [3.8, 4) is 5.75 Å². The predicted molar refractivity (Wildman–Crippen MR) is 76.9 cm³/mol. The molecule has 0 aliphatic rings. The summed E-state index contributed by atoms with van der Waals surface area (Å²) in [6.45, 7) is 0. The van der Waals surface area contributed by atoms with E-state index in [2.05, 4.69) is 9.93 Å². The zero-order chi connectivity index (χ0) is 14.6. The van der Waals surface area contributed by atoms with Crippen molar-refractivity contribution in [2.24, 2.45) is 5.10 Å². The molecule has 0 radical (unpaired) electrons. The molecule has 4 N–H and O–H groups in total. The smallest absolute Gasteiger partial charge is 0.276 e. The largest absolute Gasteiger partial charge is 0.507 e. The van der Waals surface area contributed by atoms with Crippen LogP contribution in [0.25, 0.3) is 0 Å². The molecule has 7 heteroatoms. The molecule has 20 heavy (non-hydrogen) atoms. The average Bonchev–Trinajstić information content (AvgIpc) is 2.41. The molecular weight excluding hydrogens is 278 g/mol. The monoisotopic (exact) mass is 291 g/mol. The van der Waals surface area contributed by atoms with Crippen molar-refractivity contribution in [1.82, 2.24) is 4.83 Å². The Kier molecular flexibility index (Phi) is 3.90. The number of hydrogen-bond acceptors (Lipinski definition) is 5. The van der Waals surface area contributed by atoms with Crippen molar-refractivity contribution in [1.29, 1.82) is 0 Å². The van der Waals surface area contributed by atoms with Crippen molar-refractivity contribution in [3.63, 3.8) is 0 Å². The fourth-order valence-corrected chi connectivity index (χ4v) is 2.25. The maximum atomic E-state index is 11.9. The third-order valence-electron chi connectivity index (χ3n) is 2.50. The molecule has 0 fully saturated rings. The third kappa shape index (κ3) is 3.27. The Labute approximate surface area is 116 Å². The van der Waals surface area contributed by atoms with Crippen LogP contribution in [-0.2, 0) is 10.0 Å². The van der Waals surface area contributed by atoms with Gasteiger partial charge >= 0.3 is 0 Å². The maximum absolute atomic E-state index is 11.9. The molecule has 2 aromatic carbocycles. The number of nitrogens with one attached hydrogen (secondary N) is 1. The summed E-state index contributed by atoms with van der Waals surface area (Å²) >= 11 is 0. The van der Waals surface area contributed by atoms with Gasteiger partial charge in [0.05, 0.1) is 11.1 Å². The second kappa shape index (κ2) is 5.62. The van der Waals surface area contributed by atoms with E-state index in [1.807, 2.05) is 0 Å². The van der Waals surface area contributed by atoms with Gasteiger partial charge in [-0.1, -0.05) is 12.1 Å². The van der Waals surface area contributed by atoms with Crippen LogP contribution < -0.4 is 10.6 Å². The number of phenolic OH excluding ortho intramolecular Hbond substituents is 1. The number of benzene rings is 2. The van der Waals surface area contributed by atoms with Gasteiger partial charge in [-0.2, -0.15) is 13.5 Å². The van der Waals surface area contributed by atoms with Crippen LogP contribution in [-0.4, -0.2) is 19.7 Å². The van der Waals surface area contributed by atoms with Crippen LogP contribution in [0, 0.1) is 0 Å². The van der Waals surface area contributed by atoms with Gasteiger partial charge in [-0.05, 0) is 36.4 Å². The van der Waals surface area contributed by atoms with Crippen molar-refractivity contribution < 1.29 is 13.5 Å². The van der Waals surface area contributed by atoms with Crippen LogP contribution in [0.5, 0.6) is 5.75 Å². The Bertz CT molecular complexity index is 725. The first-order valence-electron chi connectivity index (χ1n) is 5.67. The Morgan fingerprint density at radius 3 is 2.40 bits per heavy atom. The van der Waals surface area contributed by atoms with Gasteiger partial charge in [0.1, 0.15) is 5.75 Å². The molecule has 0 bridgehead atoms. The van der Waals surface area contributed by atoms with Gasteiger partial charge in [-0.25, -0.2) is 4.83 Å². The van der Waals surface area contributed by atoms with Crippen molar-refractivity contribution in [2.75, 3.05) is 5.73 Å². The summed E-state index contributed by atoms with van der Waals surface area (Å²) < 4.78 is 23.8. The number of rotatable bonds is 4. The van der Waals surface area contributed by atoms with Gasteiger partial charge in [0, 0.05) is 11.3 Å². The first-order chi connectivity index (χ1) is 9.49. The fourth-order valence-electron chi connectivity index (χ4n) is 1.46. The zero-order valence-corrected chi connectivity index (χ0v) is 11.2. The van der Waals surface area contributed by atoms with Crippen LogP contribution in [0.1, 0.15) is 5.56 Å². The minimum atomic E-state index is -3.75. The molecule has 2 rings (SSSR count). The Morgan fingerprint density at radius 2 is 1.75 bits per heavy atom. The van der Waals surface area contributed by atoms with Crippen LogP contribution in [0.3, 0.4) is 0 Å². The highest BCUT2D eigenvalue weighted by Gasteiger charge is 2.11. The summed E-state index contributed by atoms with van der Waals surface area (Å²) in [5.41, 5.74) is 6.37. The lowest BCUT2D eigenvalue weighted by atomic mass is 10.2. The van der Waals surface area contributed by atoms with Crippen molar-refractivity contribution in [2.45, 2.75) is 4.90 Å². The number of phenols is 1. The molecule has 0 unspecified atom stereocenters. The lowest BCUT2D eigenvalue weighted by molar-refractivity contribution is 0.474. The standard InChI is InChI=1S/C13H13N3O3S/c14-11-5-7-12(8-6-11)20(18,19)16-15-9-10-3-1-2-4-13(10)17/h1-9,16-17H,14H2. The molecular formula is C13H13N3O3S. The van der Waals surface area contributed by atoms with E-state index < -0.39 is 10.0 Å².